The minimum absolute atomic E-state index is 0.256. The smallest absolute Gasteiger partial charge is 0.224 e. The first-order valence-electron chi connectivity index (χ1n) is 6.20. The molecule has 2 N–H and O–H groups in total. The van der Waals surface area contributed by atoms with Crippen LogP contribution in [0.4, 0.5) is 10.2 Å². The van der Waals surface area contributed by atoms with Gasteiger partial charge < -0.3 is 10.5 Å². The molecule has 0 aliphatic heterocycles. The lowest BCUT2D eigenvalue weighted by Crippen LogP contribution is -2.00. The van der Waals surface area contributed by atoms with Crippen LogP contribution < -0.4 is 10.5 Å². The number of benzene rings is 1. The molecule has 0 unspecified atom stereocenters. The third-order valence-electron chi connectivity index (χ3n) is 3.03. The highest BCUT2D eigenvalue weighted by Gasteiger charge is 2.27. The van der Waals surface area contributed by atoms with Crippen molar-refractivity contribution in [3.05, 3.63) is 41.5 Å². The third kappa shape index (κ3) is 2.65. The van der Waals surface area contributed by atoms with Crippen LogP contribution in [0.3, 0.4) is 0 Å². The Labute approximate surface area is 110 Å². The van der Waals surface area contributed by atoms with Gasteiger partial charge in [-0.15, -0.1) is 0 Å². The summed E-state index contributed by atoms with van der Waals surface area (Å²) in [7, 11) is 0. The highest BCUT2D eigenvalue weighted by Crippen LogP contribution is 2.39. The first-order valence-corrected chi connectivity index (χ1v) is 6.20. The third-order valence-corrected chi connectivity index (χ3v) is 3.03. The Morgan fingerprint density at radius 2 is 2.05 bits per heavy atom. The summed E-state index contributed by atoms with van der Waals surface area (Å²) in [4.78, 5) is 8.53. The Morgan fingerprint density at radius 1 is 1.26 bits per heavy atom. The van der Waals surface area contributed by atoms with Gasteiger partial charge in [0, 0.05) is 12.0 Å². The maximum Gasteiger partial charge on any atom is 0.224 e. The fourth-order valence-electron chi connectivity index (χ4n) is 1.84. The van der Waals surface area contributed by atoms with Crippen molar-refractivity contribution in [2.75, 3.05) is 5.73 Å². The number of halogens is 1. The molecule has 2 aromatic rings. The molecule has 4 nitrogen and oxygen atoms in total. The van der Waals surface area contributed by atoms with Crippen molar-refractivity contribution in [1.29, 1.82) is 0 Å². The molecule has 3 rings (SSSR count). The van der Waals surface area contributed by atoms with E-state index in [-0.39, 0.29) is 5.82 Å². The van der Waals surface area contributed by atoms with Crippen molar-refractivity contribution in [2.24, 2.45) is 0 Å². The summed E-state index contributed by atoms with van der Waals surface area (Å²) < 4.78 is 18.8. The predicted octanol–water partition coefficient (Wildman–Crippen LogP) is 3.18. The van der Waals surface area contributed by atoms with Crippen LogP contribution in [0, 0.1) is 12.7 Å². The maximum atomic E-state index is 13.2. The molecule has 1 saturated carbocycles. The Balaban J connectivity index is 1.87. The van der Waals surface area contributed by atoms with Gasteiger partial charge in [-0.2, -0.15) is 4.98 Å². The van der Waals surface area contributed by atoms with Crippen molar-refractivity contribution < 1.29 is 9.13 Å². The monoisotopic (exact) mass is 259 g/mol. The first kappa shape index (κ1) is 11.9. The highest BCUT2D eigenvalue weighted by molar-refractivity contribution is 5.37. The van der Waals surface area contributed by atoms with Gasteiger partial charge >= 0.3 is 0 Å². The lowest BCUT2D eigenvalue weighted by atomic mass is 10.2. The van der Waals surface area contributed by atoms with Gasteiger partial charge in [0.25, 0.3) is 0 Å². The molecule has 0 saturated heterocycles. The van der Waals surface area contributed by atoms with Crippen molar-refractivity contribution in [3.8, 4) is 11.6 Å². The Bertz CT molecular complexity index is 626. The molecule has 1 fully saturated rings. The molecule has 1 aromatic heterocycles. The van der Waals surface area contributed by atoms with Gasteiger partial charge in [0.2, 0.25) is 5.88 Å². The molecule has 0 radical (unpaired) electrons. The highest BCUT2D eigenvalue weighted by atomic mass is 19.1. The van der Waals surface area contributed by atoms with Crippen LogP contribution in [-0.2, 0) is 0 Å². The average molecular weight is 259 g/mol. The quantitative estimate of drug-likeness (QED) is 0.919. The van der Waals surface area contributed by atoms with E-state index < -0.39 is 0 Å². The summed E-state index contributed by atoms with van der Waals surface area (Å²) in [6.07, 6.45) is 2.19. The number of aromatic nitrogens is 2. The topological polar surface area (TPSA) is 61.0 Å². The Kier molecular flexibility index (Phi) is 2.81. The van der Waals surface area contributed by atoms with Crippen LogP contribution >= 0.6 is 0 Å². The molecule has 1 aliphatic carbocycles. The van der Waals surface area contributed by atoms with Gasteiger partial charge in [0.15, 0.2) is 0 Å². The van der Waals surface area contributed by atoms with Crippen molar-refractivity contribution in [3.63, 3.8) is 0 Å². The number of hydrogen-bond donors (Lipinski definition) is 1. The van der Waals surface area contributed by atoms with E-state index in [4.69, 9.17) is 10.5 Å². The van der Waals surface area contributed by atoms with E-state index in [2.05, 4.69) is 9.97 Å². The van der Waals surface area contributed by atoms with Crippen LogP contribution in [0.1, 0.15) is 30.1 Å². The molecule has 1 heterocycles. The van der Waals surface area contributed by atoms with Crippen molar-refractivity contribution >= 4 is 5.82 Å². The van der Waals surface area contributed by atoms with Crippen LogP contribution in [0.5, 0.6) is 11.6 Å². The minimum atomic E-state index is -0.256. The minimum Gasteiger partial charge on any atom is -0.439 e. The van der Waals surface area contributed by atoms with Gasteiger partial charge in [-0.25, -0.2) is 9.37 Å². The molecule has 98 valence electrons. The number of ether oxygens (including phenoxy) is 1. The van der Waals surface area contributed by atoms with E-state index >= 15 is 0 Å². The molecule has 0 atom stereocenters. The number of anilines is 1. The first-order chi connectivity index (χ1) is 9.11. The van der Waals surface area contributed by atoms with Crippen LogP contribution in [0.2, 0.25) is 0 Å². The molecule has 1 aromatic carbocycles. The lowest BCUT2D eigenvalue weighted by Gasteiger charge is -2.08. The Morgan fingerprint density at radius 3 is 2.74 bits per heavy atom. The fourth-order valence-corrected chi connectivity index (χ4v) is 1.84. The van der Waals surface area contributed by atoms with Gasteiger partial charge in [-0.1, -0.05) is 0 Å². The number of aryl methyl sites for hydroxylation is 1. The van der Waals surface area contributed by atoms with Crippen molar-refractivity contribution in [1.82, 2.24) is 9.97 Å². The second-order valence-electron chi connectivity index (χ2n) is 4.78. The average Bonchev–Trinajstić information content (AvgIpc) is 3.17. The van der Waals surface area contributed by atoms with Gasteiger partial charge in [0.05, 0.1) is 0 Å². The van der Waals surface area contributed by atoms with Gasteiger partial charge in [-0.05, 0) is 43.5 Å². The zero-order valence-corrected chi connectivity index (χ0v) is 10.6. The molecular formula is C14H14FN3O. The summed E-state index contributed by atoms with van der Waals surface area (Å²) in [5, 5.41) is 0. The van der Waals surface area contributed by atoms with Crippen molar-refractivity contribution in [2.45, 2.75) is 25.7 Å². The number of hydrogen-bond acceptors (Lipinski definition) is 4. The molecule has 5 heteroatoms. The summed E-state index contributed by atoms with van der Waals surface area (Å²) in [5.74, 6) is 2.22. The van der Waals surface area contributed by atoms with E-state index in [0.29, 0.717) is 28.9 Å². The standard InChI is InChI=1S/C14H14FN3O/c1-8-6-10(4-5-11(8)15)19-13-7-12(16)17-14(18-13)9-2-3-9/h4-7,9H,2-3H2,1H3,(H2,16,17,18). The summed E-state index contributed by atoms with van der Waals surface area (Å²) in [5.41, 5.74) is 6.27. The molecular weight excluding hydrogens is 245 g/mol. The summed E-state index contributed by atoms with van der Waals surface area (Å²) in [6.45, 7) is 1.69. The number of nitrogen functional groups attached to an aromatic ring is 1. The molecule has 0 spiro atoms. The van der Waals surface area contributed by atoms with E-state index in [0.717, 1.165) is 18.7 Å². The van der Waals surface area contributed by atoms with E-state index in [1.54, 1.807) is 25.1 Å². The number of nitrogens with two attached hydrogens (primary N) is 1. The van der Waals surface area contributed by atoms with Gasteiger partial charge in [-0.3, -0.25) is 0 Å². The number of rotatable bonds is 3. The largest absolute Gasteiger partial charge is 0.439 e. The Hall–Kier alpha value is -2.17. The summed E-state index contributed by atoms with van der Waals surface area (Å²) >= 11 is 0. The number of nitrogens with zero attached hydrogens (tertiary/aromatic N) is 2. The van der Waals surface area contributed by atoms with Crippen LogP contribution in [0.25, 0.3) is 0 Å². The van der Waals surface area contributed by atoms with Crippen LogP contribution in [0.15, 0.2) is 24.3 Å². The SMILES string of the molecule is Cc1cc(Oc2cc(N)nc(C3CC3)n2)ccc1F. The van der Waals surface area contributed by atoms with E-state index in [1.807, 2.05) is 0 Å². The molecule has 0 amide bonds. The van der Waals surface area contributed by atoms with Crippen LogP contribution in [-0.4, -0.2) is 9.97 Å². The van der Waals surface area contributed by atoms with E-state index in [9.17, 15) is 4.39 Å². The predicted molar refractivity (Wildman–Crippen MR) is 69.6 cm³/mol. The fraction of sp³-hybridized carbons (Fsp3) is 0.286. The normalized spacial score (nSPS) is 14.4. The molecule has 0 bridgehead atoms. The second kappa shape index (κ2) is 4.50. The second-order valence-corrected chi connectivity index (χ2v) is 4.78. The molecule has 1 aliphatic rings. The maximum absolute atomic E-state index is 13.2. The van der Waals surface area contributed by atoms with Gasteiger partial charge in [0.1, 0.15) is 23.2 Å². The zero-order chi connectivity index (χ0) is 13.4. The van der Waals surface area contributed by atoms with E-state index in [1.165, 1.54) is 6.07 Å². The molecule has 19 heavy (non-hydrogen) atoms. The lowest BCUT2D eigenvalue weighted by molar-refractivity contribution is 0.457. The summed E-state index contributed by atoms with van der Waals surface area (Å²) in [6, 6.07) is 6.14. The zero-order valence-electron chi connectivity index (χ0n) is 10.6.